The van der Waals surface area contributed by atoms with E-state index in [4.69, 9.17) is 17.3 Å². The van der Waals surface area contributed by atoms with Crippen LogP contribution in [0, 0.1) is 0 Å². The number of nitrogens with zero attached hydrogens (tertiary/aromatic N) is 3. The number of thioether (sulfide) groups is 1. The molecule has 29 heavy (non-hydrogen) atoms. The number of hydrogen-bond donors (Lipinski definition) is 3. The first-order valence-corrected chi connectivity index (χ1v) is 10.2. The number of hydrogen-bond acceptors (Lipinski definition) is 6. The van der Waals surface area contributed by atoms with Crippen LogP contribution in [0.15, 0.2) is 53.4 Å². The third kappa shape index (κ3) is 5.49. The number of benzene rings is 2. The number of halogens is 1. The zero-order chi connectivity index (χ0) is 20.8. The summed E-state index contributed by atoms with van der Waals surface area (Å²) in [6, 6.07) is 14.5. The van der Waals surface area contributed by atoms with Gasteiger partial charge in [0.2, 0.25) is 5.91 Å². The molecule has 0 radical (unpaired) electrons. The van der Waals surface area contributed by atoms with Crippen molar-refractivity contribution >= 4 is 46.7 Å². The van der Waals surface area contributed by atoms with Gasteiger partial charge in [-0.2, -0.15) is 0 Å². The fourth-order valence-electron chi connectivity index (χ4n) is 2.50. The molecule has 0 fully saturated rings. The lowest BCUT2D eigenvalue weighted by Crippen LogP contribution is -2.25. The van der Waals surface area contributed by atoms with Gasteiger partial charge in [0.15, 0.2) is 11.5 Å². The van der Waals surface area contributed by atoms with Gasteiger partial charge in [-0.3, -0.25) is 9.59 Å². The molecule has 0 aliphatic carbocycles. The Morgan fingerprint density at radius 1 is 1.21 bits per heavy atom. The van der Waals surface area contributed by atoms with Crippen LogP contribution in [0.1, 0.15) is 16.1 Å². The average Bonchev–Trinajstić information content (AvgIpc) is 3.07. The van der Waals surface area contributed by atoms with E-state index >= 15 is 0 Å². The predicted octanol–water partition coefficient (Wildman–Crippen LogP) is 2.80. The minimum absolute atomic E-state index is 0.0200. The smallest absolute Gasteiger partial charge is 0.275 e. The van der Waals surface area contributed by atoms with Gasteiger partial charge in [0.25, 0.3) is 5.91 Å². The molecule has 1 aromatic heterocycles. The van der Waals surface area contributed by atoms with E-state index in [1.165, 1.54) is 4.68 Å². The number of rotatable bonds is 7. The summed E-state index contributed by atoms with van der Waals surface area (Å²) in [6.45, 7) is 0.126. The minimum atomic E-state index is -0.475. The van der Waals surface area contributed by atoms with Crippen molar-refractivity contribution < 1.29 is 9.59 Å². The van der Waals surface area contributed by atoms with Gasteiger partial charge in [-0.15, -0.1) is 16.9 Å². The Hall–Kier alpha value is -3.04. The van der Waals surface area contributed by atoms with Crippen LogP contribution in [0.4, 0.5) is 11.5 Å². The summed E-state index contributed by atoms with van der Waals surface area (Å²) < 4.78 is 1.19. The molecule has 0 bridgehead atoms. The summed E-state index contributed by atoms with van der Waals surface area (Å²) in [5, 5.41) is 13.7. The maximum absolute atomic E-state index is 12.3. The summed E-state index contributed by atoms with van der Waals surface area (Å²) in [5.74, 6) is -0.781. The van der Waals surface area contributed by atoms with Crippen molar-refractivity contribution in [3.63, 3.8) is 0 Å². The van der Waals surface area contributed by atoms with Gasteiger partial charge in [-0.1, -0.05) is 35.0 Å². The van der Waals surface area contributed by atoms with Crippen LogP contribution < -0.4 is 16.4 Å². The number of carbonyl (C=O) groups is 2. The van der Waals surface area contributed by atoms with E-state index in [0.29, 0.717) is 10.7 Å². The Morgan fingerprint density at radius 2 is 1.97 bits per heavy atom. The van der Waals surface area contributed by atoms with Crippen molar-refractivity contribution in [2.24, 2.45) is 0 Å². The molecular weight excluding hydrogens is 412 g/mol. The van der Waals surface area contributed by atoms with Gasteiger partial charge in [0.1, 0.15) is 6.54 Å². The SMILES string of the molecule is CSc1cccc(NC(=O)Cn2nnc(C(=O)NCc3ccc(Cl)cc3)c2N)c1. The molecule has 0 saturated carbocycles. The molecule has 3 aromatic rings. The van der Waals surface area contributed by atoms with Crippen LogP contribution in [0.25, 0.3) is 0 Å². The second kappa shape index (κ2) is 9.44. The Balaban J connectivity index is 1.59. The quantitative estimate of drug-likeness (QED) is 0.496. The summed E-state index contributed by atoms with van der Waals surface area (Å²) >= 11 is 7.42. The van der Waals surface area contributed by atoms with Crippen LogP contribution in [0.3, 0.4) is 0 Å². The monoisotopic (exact) mass is 430 g/mol. The van der Waals surface area contributed by atoms with Crippen molar-refractivity contribution in [1.29, 1.82) is 0 Å². The van der Waals surface area contributed by atoms with Gasteiger partial charge in [0.05, 0.1) is 0 Å². The third-order valence-corrected chi connectivity index (χ3v) is 4.98. The number of nitrogens with two attached hydrogens (primary N) is 1. The van der Waals surface area contributed by atoms with Crippen LogP contribution in [-0.4, -0.2) is 33.1 Å². The molecule has 4 N–H and O–H groups in total. The van der Waals surface area contributed by atoms with Gasteiger partial charge in [-0.25, -0.2) is 4.68 Å². The number of anilines is 2. The minimum Gasteiger partial charge on any atom is -0.382 e. The average molecular weight is 431 g/mol. The summed E-state index contributed by atoms with van der Waals surface area (Å²) in [6.07, 6.45) is 1.95. The van der Waals surface area contributed by atoms with E-state index in [1.54, 1.807) is 42.1 Å². The van der Waals surface area contributed by atoms with E-state index in [1.807, 2.05) is 24.5 Å². The van der Waals surface area contributed by atoms with Crippen molar-refractivity contribution in [3.8, 4) is 0 Å². The number of nitrogen functional groups attached to an aromatic ring is 1. The van der Waals surface area contributed by atoms with Crippen LogP contribution in [0.2, 0.25) is 5.02 Å². The molecular formula is C19H19ClN6O2S. The van der Waals surface area contributed by atoms with E-state index < -0.39 is 5.91 Å². The predicted molar refractivity (Wildman–Crippen MR) is 114 cm³/mol. The van der Waals surface area contributed by atoms with E-state index in [2.05, 4.69) is 20.9 Å². The summed E-state index contributed by atoms with van der Waals surface area (Å²) in [5.41, 5.74) is 7.47. The first kappa shape index (κ1) is 20.7. The van der Waals surface area contributed by atoms with Crippen molar-refractivity contribution in [2.45, 2.75) is 18.0 Å². The lowest BCUT2D eigenvalue weighted by atomic mass is 10.2. The molecule has 1 heterocycles. The van der Waals surface area contributed by atoms with Crippen LogP contribution in [0.5, 0.6) is 0 Å². The van der Waals surface area contributed by atoms with Crippen molar-refractivity contribution in [1.82, 2.24) is 20.3 Å². The lowest BCUT2D eigenvalue weighted by molar-refractivity contribution is -0.116. The number of amides is 2. The van der Waals surface area contributed by atoms with E-state index in [9.17, 15) is 9.59 Å². The Bertz CT molecular complexity index is 1020. The molecule has 0 spiro atoms. The van der Waals surface area contributed by atoms with Crippen LogP contribution in [-0.2, 0) is 17.9 Å². The maximum atomic E-state index is 12.3. The molecule has 0 aliphatic rings. The van der Waals surface area contributed by atoms with Crippen molar-refractivity contribution in [3.05, 3.63) is 64.8 Å². The van der Waals surface area contributed by atoms with Gasteiger partial charge in [0, 0.05) is 22.2 Å². The molecule has 2 aromatic carbocycles. The van der Waals surface area contributed by atoms with Gasteiger partial charge < -0.3 is 16.4 Å². The summed E-state index contributed by atoms with van der Waals surface area (Å²) in [4.78, 5) is 25.6. The maximum Gasteiger partial charge on any atom is 0.275 e. The highest BCUT2D eigenvalue weighted by atomic mass is 35.5. The Kier molecular flexibility index (Phi) is 6.73. The number of aromatic nitrogens is 3. The molecule has 0 unspecified atom stereocenters. The highest BCUT2D eigenvalue weighted by Crippen LogP contribution is 2.19. The Labute approximate surface area is 176 Å². The Morgan fingerprint density at radius 3 is 2.69 bits per heavy atom. The highest BCUT2D eigenvalue weighted by Gasteiger charge is 2.18. The third-order valence-electron chi connectivity index (χ3n) is 4.00. The second-order valence-electron chi connectivity index (χ2n) is 6.07. The first-order chi connectivity index (χ1) is 14.0. The summed E-state index contributed by atoms with van der Waals surface area (Å²) in [7, 11) is 0. The lowest BCUT2D eigenvalue weighted by Gasteiger charge is -2.07. The first-order valence-electron chi connectivity index (χ1n) is 8.62. The molecule has 3 rings (SSSR count). The zero-order valence-corrected chi connectivity index (χ0v) is 17.1. The highest BCUT2D eigenvalue weighted by molar-refractivity contribution is 7.98. The standard InChI is InChI=1S/C19H19ClN6O2S/c1-29-15-4-2-3-14(9-15)23-16(27)11-26-18(21)17(24-25-26)19(28)22-10-12-5-7-13(20)8-6-12/h2-9H,10-11,21H2,1H3,(H,22,28)(H,23,27). The van der Waals surface area contributed by atoms with Crippen molar-refractivity contribution in [2.75, 3.05) is 17.3 Å². The molecule has 150 valence electrons. The molecule has 0 saturated heterocycles. The molecule has 8 nitrogen and oxygen atoms in total. The van der Waals surface area contributed by atoms with Crippen LogP contribution >= 0.6 is 23.4 Å². The molecule has 0 atom stereocenters. The molecule has 0 aliphatic heterocycles. The van der Waals surface area contributed by atoms with Gasteiger partial charge >= 0.3 is 0 Å². The zero-order valence-electron chi connectivity index (χ0n) is 15.6. The number of nitrogens with one attached hydrogen (secondary N) is 2. The normalized spacial score (nSPS) is 10.6. The number of carbonyl (C=O) groups excluding carboxylic acids is 2. The fraction of sp³-hybridized carbons (Fsp3) is 0.158. The molecule has 2 amide bonds. The topological polar surface area (TPSA) is 115 Å². The van der Waals surface area contributed by atoms with E-state index in [-0.39, 0.29) is 30.5 Å². The fourth-order valence-corrected chi connectivity index (χ4v) is 3.09. The second-order valence-corrected chi connectivity index (χ2v) is 7.39. The molecule has 10 heteroatoms. The largest absolute Gasteiger partial charge is 0.382 e. The van der Waals surface area contributed by atoms with Gasteiger partial charge in [-0.05, 0) is 42.2 Å². The van der Waals surface area contributed by atoms with E-state index in [0.717, 1.165) is 10.5 Å².